The van der Waals surface area contributed by atoms with Gasteiger partial charge in [-0.25, -0.2) is 0 Å². The first-order chi connectivity index (χ1) is 5.12. The summed E-state index contributed by atoms with van der Waals surface area (Å²) in [5.74, 6) is 0. The Bertz CT molecular complexity index is 119. The highest BCUT2D eigenvalue weighted by atomic mass is 16.3. The predicted octanol–water partition coefficient (Wildman–Crippen LogP) is 1.24. The highest BCUT2D eigenvalue weighted by molar-refractivity contribution is 4.87. The van der Waals surface area contributed by atoms with E-state index >= 15 is 0 Å². The molecule has 0 amide bonds. The van der Waals surface area contributed by atoms with Crippen LogP contribution in [0.1, 0.15) is 32.1 Å². The number of hydrogen-bond acceptors (Lipinski definition) is 2. The van der Waals surface area contributed by atoms with E-state index in [0.29, 0.717) is 0 Å². The maximum Gasteiger partial charge on any atom is 0.0648 e. The highest BCUT2D eigenvalue weighted by Gasteiger charge is 2.33. The molecular formula is C9H19NO. The monoisotopic (exact) mass is 157 g/mol. The van der Waals surface area contributed by atoms with E-state index in [1.807, 2.05) is 0 Å². The minimum absolute atomic E-state index is 0.268. The third-order valence-electron chi connectivity index (χ3n) is 2.53. The molecule has 0 unspecified atom stereocenters. The van der Waals surface area contributed by atoms with Gasteiger partial charge in [-0.1, -0.05) is 0 Å². The number of hydrogen-bond donors (Lipinski definition) is 1. The van der Waals surface area contributed by atoms with Gasteiger partial charge in [-0.2, -0.15) is 0 Å². The summed E-state index contributed by atoms with van der Waals surface area (Å²) < 4.78 is 0. The van der Waals surface area contributed by atoms with Crippen molar-refractivity contribution in [1.82, 2.24) is 4.90 Å². The largest absolute Gasteiger partial charge is 0.390 e. The van der Waals surface area contributed by atoms with Gasteiger partial charge in [0.05, 0.1) is 5.60 Å². The van der Waals surface area contributed by atoms with Crippen LogP contribution in [0.25, 0.3) is 0 Å². The molecule has 1 N–H and O–H groups in total. The lowest BCUT2D eigenvalue weighted by molar-refractivity contribution is -0.0424. The van der Waals surface area contributed by atoms with E-state index in [4.69, 9.17) is 0 Å². The Morgan fingerprint density at radius 3 is 2.36 bits per heavy atom. The number of nitrogens with zero attached hydrogens (tertiary/aromatic N) is 1. The minimum Gasteiger partial charge on any atom is -0.390 e. The van der Waals surface area contributed by atoms with Crippen LogP contribution < -0.4 is 0 Å². The zero-order valence-electron chi connectivity index (χ0n) is 7.64. The van der Waals surface area contributed by atoms with Gasteiger partial charge < -0.3 is 10.0 Å². The molecule has 0 atom stereocenters. The standard InChI is InChI=1S/C9H19NO/c1-10(2)8-4-7-9(11)5-3-6-9/h11H,3-8H2,1-2H3. The molecule has 1 rings (SSSR count). The van der Waals surface area contributed by atoms with Gasteiger partial charge in [0.1, 0.15) is 0 Å². The van der Waals surface area contributed by atoms with Gasteiger partial charge in [-0.05, 0) is 52.7 Å². The second kappa shape index (κ2) is 3.55. The Hall–Kier alpha value is -0.0800. The Kier molecular flexibility index (Phi) is 2.90. The fourth-order valence-electron chi connectivity index (χ4n) is 1.56. The van der Waals surface area contributed by atoms with Crippen LogP contribution in [-0.4, -0.2) is 36.2 Å². The normalized spacial score (nSPS) is 21.8. The summed E-state index contributed by atoms with van der Waals surface area (Å²) in [7, 11) is 4.15. The SMILES string of the molecule is CN(C)CCCC1(O)CCC1. The van der Waals surface area contributed by atoms with Gasteiger partial charge in [0, 0.05) is 0 Å². The number of aliphatic hydroxyl groups is 1. The smallest absolute Gasteiger partial charge is 0.0648 e. The van der Waals surface area contributed by atoms with Crippen LogP contribution in [0.3, 0.4) is 0 Å². The van der Waals surface area contributed by atoms with E-state index in [2.05, 4.69) is 19.0 Å². The van der Waals surface area contributed by atoms with Crippen molar-refractivity contribution >= 4 is 0 Å². The fraction of sp³-hybridized carbons (Fsp3) is 1.00. The molecule has 0 spiro atoms. The first kappa shape index (κ1) is 9.01. The summed E-state index contributed by atoms with van der Waals surface area (Å²) in [6.45, 7) is 1.10. The van der Waals surface area contributed by atoms with Crippen LogP contribution in [0.15, 0.2) is 0 Å². The Labute approximate surface area is 69.2 Å². The molecule has 0 aromatic carbocycles. The van der Waals surface area contributed by atoms with Gasteiger partial charge in [0.25, 0.3) is 0 Å². The molecule has 66 valence electrons. The molecule has 0 aromatic rings. The van der Waals surface area contributed by atoms with Gasteiger partial charge in [-0.15, -0.1) is 0 Å². The first-order valence-electron chi connectivity index (χ1n) is 4.49. The Morgan fingerprint density at radius 2 is 2.00 bits per heavy atom. The lowest BCUT2D eigenvalue weighted by Gasteiger charge is -2.36. The van der Waals surface area contributed by atoms with Crippen molar-refractivity contribution in [3.05, 3.63) is 0 Å². The molecule has 11 heavy (non-hydrogen) atoms. The van der Waals surface area contributed by atoms with Gasteiger partial charge in [0.2, 0.25) is 0 Å². The molecule has 0 aromatic heterocycles. The van der Waals surface area contributed by atoms with Crippen LogP contribution in [0, 0.1) is 0 Å². The molecule has 2 heteroatoms. The molecule has 1 saturated carbocycles. The summed E-state index contributed by atoms with van der Waals surface area (Å²) >= 11 is 0. The minimum atomic E-state index is -0.268. The second-order valence-electron chi connectivity index (χ2n) is 3.98. The first-order valence-corrected chi connectivity index (χ1v) is 4.49. The average molecular weight is 157 g/mol. The van der Waals surface area contributed by atoms with Gasteiger partial charge >= 0.3 is 0 Å². The molecule has 0 heterocycles. The molecule has 0 aliphatic heterocycles. The van der Waals surface area contributed by atoms with Crippen molar-refractivity contribution < 1.29 is 5.11 Å². The molecule has 0 saturated heterocycles. The third kappa shape index (κ3) is 2.80. The fourth-order valence-corrected chi connectivity index (χ4v) is 1.56. The predicted molar refractivity (Wildman–Crippen MR) is 46.6 cm³/mol. The van der Waals surface area contributed by atoms with Gasteiger partial charge in [0.15, 0.2) is 0 Å². The van der Waals surface area contributed by atoms with Crippen LogP contribution >= 0.6 is 0 Å². The zero-order chi connectivity index (χ0) is 8.32. The van der Waals surface area contributed by atoms with Gasteiger partial charge in [-0.3, -0.25) is 0 Å². The van der Waals surface area contributed by atoms with Crippen molar-refractivity contribution in [3.63, 3.8) is 0 Å². The van der Waals surface area contributed by atoms with Crippen LogP contribution in [0.2, 0.25) is 0 Å². The molecule has 0 radical (unpaired) electrons. The molecule has 1 aliphatic carbocycles. The van der Waals surface area contributed by atoms with Crippen LogP contribution in [-0.2, 0) is 0 Å². The molecule has 1 aliphatic rings. The lowest BCUT2D eigenvalue weighted by atomic mass is 9.77. The summed E-state index contributed by atoms with van der Waals surface area (Å²) in [5.41, 5.74) is -0.268. The molecular weight excluding hydrogens is 138 g/mol. The lowest BCUT2D eigenvalue weighted by Crippen LogP contribution is -2.37. The van der Waals surface area contributed by atoms with Crippen LogP contribution in [0.4, 0.5) is 0 Å². The zero-order valence-corrected chi connectivity index (χ0v) is 7.64. The van der Waals surface area contributed by atoms with E-state index in [9.17, 15) is 5.11 Å². The van der Waals surface area contributed by atoms with Crippen molar-refractivity contribution in [2.24, 2.45) is 0 Å². The van der Waals surface area contributed by atoms with E-state index in [1.54, 1.807) is 0 Å². The third-order valence-corrected chi connectivity index (χ3v) is 2.53. The second-order valence-corrected chi connectivity index (χ2v) is 3.98. The summed E-state index contributed by atoms with van der Waals surface area (Å²) in [6.07, 6.45) is 5.40. The quantitative estimate of drug-likeness (QED) is 0.663. The van der Waals surface area contributed by atoms with E-state index in [1.165, 1.54) is 6.42 Å². The van der Waals surface area contributed by atoms with E-state index < -0.39 is 0 Å². The van der Waals surface area contributed by atoms with E-state index in [0.717, 1.165) is 32.2 Å². The molecule has 1 fully saturated rings. The highest BCUT2D eigenvalue weighted by Crippen LogP contribution is 2.35. The summed E-state index contributed by atoms with van der Waals surface area (Å²) in [4.78, 5) is 2.17. The topological polar surface area (TPSA) is 23.5 Å². The maximum atomic E-state index is 9.70. The van der Waals surface area contributed by atoms with Crippen molar-refractivity contribution in [1.29, 1.82) is 0 Å². The maximum absolute atomic E-state index is 9.70. The Balaban J connectivity index is 2.02. The van der Waals surface area contributed by atoms with Crippen molar-refractivity contribution in [3.8, 4) is 0 Å². The summed E-state index contributed by atoms with van der Waals surface area (Å²) in [6, 6.07) is 0. The average Bonchev–Trinajstić information content (AvgIpc) is 1.83. The number of rotatable bonds is 4. The molecule has 0 bridgehead atoms. The van der Waals surface area contributed by atoms with Crippen molar-refractivity contribution in [2.75, 3.05) is 20.6 Å². The van der Waals surface area contributed by atoms with Crippen LogP contribution in [0.5, 0.6) is 0 Å². The van der Waals surface area contributed by atoms with E-state index in [-0.39, 0.29) is 5.60 Å². The molecule has 2 nitrogen and oxygen atoms in total. The van der Waals surface area contributed by atoms with Crippen molar-refractivity contribution in [2.45, 2.75) is 37.7 Å². The Morgan fingerprint density at radius 1 is 1.36 bits per heavy atom. The summed E-state index contributed by atoms with van der Waals surface area (Å²) in [5, 5.41) is 9.70.